The van der Waals surface area contributed by atoms with E-state index in [1.165, 1.54) is 17.9 Å². The maximum absolute atomic E-state index is 6.03. The normalized spacial score (nSPS) is 21.8. The van der Waals surface area contributed by atoms with Gasteiger partial charge >= 0.3 is 0 Å². The third-order valence-corrected chi connectivity index (χ3v) is 3.66. The van der Waals surface area contributed by atoms with E-state index in [1.54, 1.807) is 0 Å². The van der Waals surface area contributed by atoms with Gasteiger partial charge in [0.15, 0.2) is 0 Å². The van der Waals surface area contributed by atoms with Crippen LogP contribution in [0.3, 0.4) is 0 Å². The van der Waals surface area contributed by atoms with E-state index in [4.69, 9.17) is 11.6 Å². The highest BCUT2D eigenvalue weighted by molar-refractivity contribution is 7.99. The van der Waals surface area contributed by atoms with Crippen molar-refractivity contribution in [3.8, 4) is 0 Å². The largest absolute Gasteiger partial charge is 0.380 e. The Morgan fingerprint density at radius 1 is 1.38 bits per heavy atom. The monoisotopic (exact) mass is 213 g/mol. The van der Waals surface area contributed by atoms with Gasteiger partial charge in [0, 0.05) is 11.8 Å². The van der Waals surface area contributed by atoms with Gasteiger partial charge in [-0.2, -0.15) is 11.8 Å². The molecule has 0 bridgehead atoms. The van der Waals surface area contributed by atoms with Gasteiger partial charge in [-0.1, -0.05) is 23.7 Å². The summed E-state index contributed by atoms with van der Waals surface area (Å²) >= 11 is 8.04. The summed E-state index contributed by atoms with van der Waals surface area (Å²) in [7, 11) is 0. The number of thioether (sulfide) groups is 1. The smallest absolute Gasteiger partial charge is 0.0637 e. The van der Waals surface area contributed by atoms with E-state index < -0.39 is 0 Å². The number of nitrogens with one attached hydrogen (secondary N) is 1. The van der Waals surface area contributed by atoms with Crippen LogP contribution in [0.1, 0.15) is 6.42 Å². The van der Waals surface area contributed by atoms with Crippen molar-refractivity contribution in [1.82, 2.24) is 0 Å². The van der Waals surface area contributed by atoms with Gasteiger partial charge < -0.3 is 5.32 Å². The molecule has 0 aliphatic carbocycles. The summed E-state index contributed by atoms with van der Waals surface area (Å²) in [5, 5.41) is 4.28. The first-order valence-electron chi connectivity index (χ1n) is 4.45. The molecule has 1 nitrogen and oxygen atoms in total. The summed E-state index contributed by atoms with van der Waals surface area (Å²) in [4.78, 5) is 0. The number of hydrogen-bond acceptors (Lipinski definition) is 2. The predicted molar refractivity (Wildman–Crippen MR) is 60.8 cm³/mol. The Morgan fingerprint density at radius 2 is 2.23 bits per heavy atom. The third-order valence-electron chi connectivity index (χ3n) is 2.16. The highest BCUT2D eigenvalue weighted by atomic mass is 35.5. The Hall–Kier alpha value is -0.340. The molecule has 1 heterocycles. The standard InChI is InChI=1S/C10H12ClNS/c11-9-3-1-2-4-10(9)12-8-5-6-13-7-8/h1-4,8,12H,5-7H2/t8-/m1/s1. The number of rotatable bonds is 2. The molecule has 3 heteroatoms. The van der Waals surface area contributed by atoms with Crippen molar-refractivity contribution in [3.63, 3.8) is 0 Å². The fourth-order valence-electron chi connectivity index (χ4n) is 1.45. The van der Waals surface area contributed by atoms with Crippen molar-refractivity contribution in [2.75, 3.05) is 16.8 Å². The van der Waals surface area contributed by atoms with E-state index in [-0.39, 0.29) is 0 Å². The molecule has 13 heavy (non-hydrogen) atoms. The SMILES string of the molecule is Clc1ccccc1N[C@@H]1CCSC1. The van der Waals surface area contributed by atoms with Crippen LogP contribution in [-0.4, -0.2) is 17.5 Å². The van der Waals surface area contributed by atoms with Gasteiger partial charge in [0.25, 0.3) is 0 Å². The summed E-state index contributed by atoms with van der Waals surface area (Å²) in [5.74, 6) is 2.47. The molecule has 1 fully saturated rings. The van der Waals surface area contributed by atoms with E-state index in [9.17, 15) is 0 Å². The topological polar surface area (TPSA) is 12.0 Å². The van der Waals surface area contributed by atoms with E-state index in [0.717, 1.165) is 10.7 Å². The predicted octanol–water partition coefficient (Wildman–Crippen LogP) is 3.26. The molecule has 0 amide bonds. The van der Waals surface area contributed by atoms with E-state index in [2.05, 4.69) is 5.32 Å². The average molecular weight is 214 g/mol. The summed E-state index contributed by atoms with van der Waals surface area (Å²) in [5.41, 5.74) is 1.07. The molecule has 1 aliphatic heterocycles. The molecule has 0 unspecified atom stereocenters. The van der Waals surface area contributed by atoms with Crippen LogP contribution >= 0.6 is 23.4 Å². The van der Waals surface area contributed by atoms with Crippen LogP contribution in [0.5, 0.6) is 0 Å². The van der Waals surface area contributed by atoms with Gasteiger partial charge in [0.2, 0.25) is 0 Å². The molecular weight excluding hydrogens is 202 g/mol. The van der Waals surface area contributed by atoms with Gasteiger partial charge in [0.05, 0.1) is 10.7 Å². The first-order chi connectivity index (χ1) is 6.36. The molecule has 0 spiro atoms. The van der Waals surface area contributed by atoms with Crippen LogP contribution in [0, 0.1) is 0 Å². The molecule has 1 atom stereocenters. The van der Waals surface area contributed by atoms with Crippen molar-refractivity contribution in [3.05, 3.63) is 29.3 Å². The number of hydrogen-bond donors (Lipinski definition) is 1. The number of anilines is 1. The Kier molecular flexibility index (Phi) is 3.01. The second kappa shape index (κ2) is 4.25. The van der Waals surface area contributed by atoms with Crippen molar-refractivity contribution in [2.24, 2.45) is 0 Å². The maximum Gasteiger partial charge on any atom is 0.0637 e. The van der Waals surface area contributed by atoms with E-state index in [0.29, 0.717) is 6.04 Å². The van der Waals surface area contributed by atoms with E-state index in [1.807, 2.05) is 36.0 Å². The fraction of sp³-hybridized carbons (Fsp3) is 0.400. The lowest BCUT2D eigenvalue weighted by atomic mass is 10.2. The second-order valence-corrected chi connectivity index (χ2v) is 4.74. The quantitative estimate of drug-likeness (QED) is 0.810. The van der Waals surface area contributed by atoms with Crippen molar-refractivity contribution >= 4 is 29.1 Å². The lowest BCUT2D eigenvalue weighted by Crippen LogP contribution is -2.18. The third kappa shape index (κ3) is 2.32. The van der Waals surface area contributed by atoms with Gasteiger partial charge in [-0.15, -0.1) is 0 Å². The zero-order valence-electron chi connectivity index (χ0n) is 7.29. The Labute approximate surface area is 87.9 Å². The Morgan fingerprint density at radius 3 is 2.92 bits per heavy atom. The first-order valence-corrected chi connectivity index (χ1v) is 5.98. The molecule has 1 aromatic rings. The molecule has 0 aromatic heterocycles. The van der Waals surface area contributed by atoms with E-state index >= 15 is 0 Å². The molecule has 70 valence electrons. The second-order valence-electron chi connectivity index (χ2n) is 3.18. The van der Waals surface area contributed by atoms with Crippen LogP contribution in [0.15, 0.2) is 24.3 Å². The van der Waals surface area contributed by atoms with Crippen LogP contribution < -0.4 is 5.32 Å². The Balaban J connectivity index is 2.04. The van der Waals surface area contributed by atoms with Gasteiger partial charge in [-0.05, 0) is 24.3 Å². The lowest BCUT2D eigenvalue weighted by Gasteiger charge is -2.13. The van der Waals surface area contributed by atoms with Crippen LogP contribution in [0.4, 0.5) is 5.69 Å². The van der Waals surface area contributed by atoms with Crippen molar-refractivity contribution in [2.45, 2.75) is 12.5 Å². The molecule has 1 saturated heterocycles. The molecule has 0 radical (unpaired) electrons. The summed E-state index contributed by atoms with van der Waals surface area (Å²) in [6, 6.07) is 8.52. The Bertz CT molecular complexity index is 284. The minimum atomic E-state index is 0.602. The highest BCUT2D eigenvalue weighted by Crippen LogP contribution is 2.25. The zero-order chi connectivity index (χ0) is 9.10. The van der Waals surface area contributed by atoms with Gasteiger partial charge in [-0.3, -0.25) is 0 Å². The summed E-state index contributed by atoms with van der Waals surface area (Å²) < 4.78 is 0. The molecule has 0 saturated carbocycles. The van der Waals surface area contributed by atoms with Gasteiger partial charge in [0.1, 0.15) is 0 Å². The number of halogens is 1. The summed E-state index contributed by atoms with van der Waals surface area (Å²) in [6.07, 6.45) is 1.25. The summed E-state index contributed by atoms with van der Waals surface area (Å²) in [6.45, 7) is 0. The molecule has 2 rings (SSSR count). The van der Waals surface area contributed by atoms with Crippen LogP contribution in [-0.2, 0) is 0 Å². The molecule has 1 aromatic carbocycles. The fourth-order valence-corrected chi connectivity index (χ4v) is 2.79. The minimum absolute atomic E-state index is 0.602. The maximum atomic E-state index is 6.03. The zero-order valence-corrected chi connectivity index (χ0v) is 8.87. The van der Waals surface area contributed by atoms with Gasteiger partial charge in [-0.25, -0.2) is 0 Å². The lowest BCUT2D eigenvalue weighted by molar-refractivity contribution is 0.813. The molecule has 1 N–H and O–H groups in total. The number of benzene rings is 1. The van der Waals surface area contributed by atoms with Crippen molar-refractivity contribution < 1.29 is 0 Å². The van der Waals surface area contributed by atoms with Crippen LogP contribution in [0.25, 0.3) is 0 Å². The number of para-hydroxylation sites is 1. The first kappa shape index (κ1) is 9.22. The highest BCUT2D eigenvalue weighted by Gasteiger charge is 2.15. The average Bonchev–Trinajstić information content (AvgIpc) is 2.61. The van der Waals surface area contributed by atoms with Crippen LogP contribution in [0.2, 0.25) is 5.02 Å². The van der Waals surface area contributed by atoms with Crippen molar-refractivity contribution in [1.29, 1.82) is 0 Å². The molecular formula is C10H12ClNS. The minimum Gasteiger partial charge on any atom is -0.380 e. The molecule has 1 aliphatic rings.